The standard InChI is InChI=1S/C44H81N3O21/c1-26(51)45-32-38(57)35(54)29(20-48)66-41(32)63-17-11-5-8-14-60-23-44(4,24-61-15-9-6-12-18-64-42-33(46-27(2)52)39(58)36(55)30(21-49)67-42)25-62-16-10-7-13-19-65-43-34(47-28(3)53)40(59)37(56)31(22-50)68-43/h29-43,48-50,54-59H,5-25H2,1-4H3,(H,45,51)(H,46,52)(H,47,53)/t29?,30?,31?,32?,33?,34?,35-,36-,37-,38+,39+,40+,41+,42+,43+,44?/m0/s1. The highest BCUT2D eigenvalue weighted by Crippen LogP contribution is 2.26. The number of hydrogen-bond donors (Lipinski definition) is 12. The molecule has 0 aromatic heterocycles. The van der Waals surface area contributed by atoms with E-state index in [2.05, 4.69) is 16.0 Å². The van der Waals surface area contributed by atoms with Gasteiger partial charge in [0.15, 0.2) is 18.9 Å². The Hall–Kier alpha value is -2.31. The van der Waals surface area contributed by atoms with Crippen LogP contribution in [0.3, 0.4) is 0 Å². The Morgan fingerprint density at radius 2 is 0.676 bits per heavy atom. The maximum absolute atomic E-state index is 11.7. The SMILES string of the molecule is CC(=O)NC1[C@H](OCCCCCOCC(C)(COCCCCCO[C@@H]2OC(CO)[C@H](O)[C@H](O)C2NC(C)=O)COCCCCCO[C@@H]2OC(CO)[C@H](O)[C@H](O)C2NC(C)=O)OC(CO)[C@H](O)[C@@H]1O. The molecular formula is C44H81N3O21. The summed E-state index contributed by atoms with van der Waals surface area (Å²) in [6.45, 7) is 7.20. The van der Waals surface area contributed by atoms with Gasteiger partial charge in [-0.05, 0) is 57.8 Å². The third-order valence-corrected chi connectivity index (χ3v) is 11.7. The van der Waals surface area contributed by atoms with Crippen molar-refractivity contribution in [3.63, 3.8) is 0 Å². The van der Waals surface area contributed by atoms with E-state index in [0.717, 1.165) is 19.3 Å². The first kappa shape index (κ1) is 60.0. The molecule has 3 amide bonds. The van der Waals surface area contributed by atoms with E-state index in [9.17, 15) is 60.3 Å². The van der Waals surface area contributed by atoms with Crippen molar-refractivity contribution in [1.29, 1.82) is 0 Å². The number of rotatable bonds is 33. The van der Waals surface area contributed by atoms with Gasteiger partial charge in [-0.2, -0.15) is 0 Å². The molecule has 0 radical (unpaired) electrons. The van der Waals surface area contributed by atoms with Crippen LogP contribution in [0.4, 0.5) is 0 Å². The van der Waals surface area contributed by atoms with Crippen LogP contribution in [0.2, 0.25) is 0 Å². The average Bonchev–Trinajstić information content (AvgIpc) is 3.29. The minimum atomic E-state index is -1.40. The highest BCUT2D eigenvalue weighted by molar-refractivity contribution is 5.74. The lowest BCUT2D eigenvalue weighted by molar-refractivity contribution is -0.270. The van der Waals surface area contributed by atoms with Gasteiger partial charge in [0.25, 0.3) is 0 Å². The molecule has 0 aromatic carbocycles. The van der Waals surface area contributed by atoms with Crippen LogP contribution in [0.5, 0.6) is 0 Å². The monoisotopic (exact) mass is 988 g/mol. The van der Waals surface area contributed by atoms with Crippen LogP contribution in [0.25, 0.3) is 0 Å². The quantitative estimate of drug-likeness (QED) is 0.0283. The molecule has 68 heavy (non-hydrogen) atoms. The summed E-state index contributed by atoms with van der Waals surface area (Å²) < 4.78 is 52.5. The fraction of sp³-hybridized carbons (Fsp3) is 0.932. The lowest BCUT2D eigenvalue weighted by atomic mass is 9.94. The first-order valence-corrected chi connectivity index (χ1v) is 23.7. The Balaban J connectivity index is 1.42. The molecule has 3 aliphatic heterocycles. The number of carbonyl (C=O) groups excluding carboxylic acids is 3. The van der Waals surface area contributed by atoms with Crippen LogP contribution in [-0.2, 0) is 57.0 Å². The summed E-state index contributed by atoms with van der Waals surface area (Å²) in [5.41, 5.74) is -0.515. The molecule has 6 unspecified atom stereocenters. The van der Waals surface area contributed by atoms with E-state index in [1.54, 1.807) is 0 Å². The minimum Gasteiger partial charge on any atom is -0.394 e. The summed E-state index contributed by atoms with van der Waals surface area (Å²) in [5.74, 6) is -1.31. The van der Waals surface area contributed by atoms with Gasteiger partial charge in [-0.25, -0.2) is 0 Å². The first-order valence-electron chi connectivity index (χ1n) is 23.7. The molecule has 398 valence electrons. The largest absolute Gasteiger partial charge is 0.394 e. The molecular weight excluding hydrogens is 906 g/mol. The predicted molar refractivity (Wildman–Crippen MR) is 236 cm³/mol. The molecule has 0 aliphatic carbocycles. The fourth-order valence-electron chi connectivity index (χ4n) is 7.97. The van der Waals surface area contributed by atoms with Crippen molar-refractivity contribution in [1.82, 2.24) is 16.0 Å². The van der Waals surface area contributed by atoms with Gasteiger partial charge in [0.1, 0.15) is 73.1 Å². The second kappa shape index (κ2) is 31.9. The molecule has 3 aliphatic rings. The minimum absolute atomic E-state index is 0.228. The van der Waals surface area contributed by atoms with Gasteiger partial charge < -0.3 is 105 Å². The smallest absolute Gasteiger partial charge is 0.217 e. The average molecular weight is 988 g/mol. The summed E-state index contributed by atoms with van der Waals surface area (Å²) in [7, 11) is 0. The molecule has 24 nitrogen and oxygen atoms in total. The van der Waals surface area contributed by atoms with Gasteiger partial charge in [-0.3, -0.25) is 14.4 Å². The Bertz CT molecular complexity index is 1260. The summed E-state index contributed by atoms with van der Waals surface area (Å²) in [6, 6.07) is -3.04. The van der Waals surface area contributed by atoms with Crippen LogP contribution >= 0.6 is 0 Å². The molecule has 3 saturated heterocycles. The van der Waals surface area contributed by atoms with Gasteiger partial charge in [-0.15, -0.1) is 0 Å². The Morgan fingerprint density at radius 1 is 0.426 bits per heavy atom. The van der Waals surface area contributed by atoms with Crippen LogP contribution in [0.15, 0.2) is 0 Å². The van der Waals surface area contributed by atoms with Crippen LogP contribution in [-0.4, -0.2) is 235 Å². The van der Waals surface area contributed by atoms with E-state index >= 15 is 0 Å². The first-order chi connectivity index (χ1) is 32.5. The highest BCUT2D eigenvalue weighted by Gasteiger charge is 2.47. The number of unbranched alkanes of at least 4 members (excludes halogenated alkanes) is 6. The zero-order valence-corrected chi connectivity index (χ0v) is 39.9. The molecule has 0 aromatic rings. The molecule has 0 saturated carbocycles. The molecule has 24 heteroatoms. The Morgan fingerprint density at radius 3 is 0.912 bits per heavy atom. The zero-order chi connectivity index (χ0) is 50.2. The summed E-state index contributed by atoms with van der Waals surface area (Å²) in [6.07, 6.45) is -8.70. The number of aliphatic hydroxyl groups is 9. The maximum Gasteiger partial charge on any atom is 0.217 e. The van der Waals surface area contributed by atoms with E-state index in [0.29, 0.717) is 78.2 Å². The van der Waals surface area contributed by atoms with Gasteiger partial charge in [0, 0.05) is 65.8 Å². The lowest BCUT2D eigenvalue weighted by Gasteiger charge is -2.42. The predicted octanol–water partition coefficient (Wildman–Crippen LogP) is -3.57. The second-order valence-corrected chi connectivity index (χ2v) is 18.1. The van der Waals surface area contributed by atoms with E-state index in [1.807, 2.05) is 6.92 Å². The lowest BCUT2D eigenvalue weighted by Crippen LogP contribution is -2.64. The molecule has 0 spiro atoms. The Labute approximate surface area is 398 Å². The van der Waals surface area contributed by atoms with Gasteiger partial charge in [0.05, 0.1) is 39.6 Å². The molecule has 3 heterocycles. The topological polar surface area (TPSA) is 352 Å². The number of carbonyl (C=O) groups is 3. The third-order valence-electron chi connectivity index (χ3n) is 11.7. The van der Waals surface area contributed by atoms with Crippen LogP contribution in [0.1, 0.15) is 85.5 Å². The maximum atomic E-state index is 11.7. The molecule has 3 rings (SSSR count). The van der Waals surface area contributed by atoms with Crippen LogP contribution < -0.4 is 16.0 Å². The highest BCUT2D eigenvalue weighted by atomic mass is 16.7. The number of nitrogens with one attached hydrogen (secondary N) is 3. The number of amides is 3. The van der Waals surface area contributed by atoms with Crippen molar-refractivity contribution < 1.29 is 103 Å². The number of aliphatic hydroxyl groups excluding tert-OH is 9. The summed E-state index contributed by atoms with van der Waals surface area (Å²) in [4.78, 5) is 35.1. The third kappa shape index (κ3) is 20.1. The Kier molecular flexibility index (Phi) is 28.1. The van der Waals surface area contributed by atoms with Crippen molar-refractivity contribution >= 4 is 17.7 Å². The fourth-order valence-corrected chi connectivity index (χ4v) is 7.97. The van der Waals surface area contributed by atoms with Crippen LogP contribution in [0, 0.1) is 5.41 Å². The normalized spacial score (nSPS) is 32.9. The van der Waals surface area contributed by atoms with E-state index in [1.165, 1.54) is 20.8 Å². The summed E-state index contributed by atoms with van der Waals surface area (Å²) >= 11 is 0. The second-order valence-electron chi connectivity index (χ2n) is 18.1. The van der Waals surface area contributed by atoms with Gasteiger partial charge >= 0.3 is 0 Å². The van der Waals surface area contributed by atoms with Crippen molar-refractivity contribution in [2.45, 2.75) is 177 Å². The number of ether oxygens (including phenoxy) is 9. The number of hydrogen-bond acceptors (Lipinski definition) is 21. The van der Waals surface area contributed by atoms with Gasteiger partial charge in [0.2, 0.25) is 17.7 Å². The molecule has 0 bridgehead atoms. The van der Waals surface area contributed by atoms with Crippen molar-refractivity contribution in [2.24, 2.45) is 5.41 Å². The van der Waals surface area contributed by atoms with Crippen molar-refractivity contribution in [3.8, 4) is 0 Å². The van der Waals surface area contributed by atoms with E-state index in [-0.39, 0.29) is 19.8 Å². The zero-order valence-electron chi connectivity index (χ0n) is 39.9. The van der Waals surface area contributed by atoms with E-state index < -0.39 is 135 Å². The van der Waals surface area contributed by atoms with E-state index in [4.69, 9.17) is 42.6 Å². The van der Waals surface area contributed by atoms with Gasteiger partial charge in [-0.1, -0.05) is 6.92 Å². The molecule has 12 N–H and O–H groups in total. The van der Waals surface area contributed by atoms with Crippen molar-refractivity contribution in [2.75, 3.05) is 79.3 Å². The molecule has 15 atom stereocenters. The summed E-state index contributed by atoms with van der Waals surface area (Å²) in [5, 5.41) is 98.4. The van der Waals surface area contributed by atoms with Crippen molar-refractivity contribution in [3.05, 3.63) is 0 Å². The molecule has 3 fully saturated rings.